The standard InChI is InChI=1S/C15H19NO3/c1-3-7-12-13(15(18)19)10-8-5-6-9-11(10)14(17)16(12)4-2/h5-6,8-9,12-13H,3-4,7H2,1-2H3,(H,18,19)/t12-,13+/m1/s1. The monoisotopic (exact) mass is 261 g/mol. The van der Waals surface area contributed by atoms with Crippen molar-refractivity contribution in [3.8, 4) is 0 Å². The average Bonchev–Trinajstić information content (AvgIpc) is 2.39. The quantitative estimate of drug-likeness (QED) is 0.906. The zero-order valence-electron chi connectivity index (χ0n) is 11.3. The normalized spacial score (nSPS) is 22.2. The van der Waals surface area contributed by atoms with Gasteiger partial charge in [-0.15, -0.1) is 0 Å². The Bertz CT molecular complexity index is 498. The number of aliphatic carboxylic acids is 1. The maximum Gasteiger partial charge on any atom is 0.313 e. The van der Waals surface area contributed by atoms with E-state index in [1.807, 2.05) is 13.8 Å². The molecule has 1 aliphatic heterocycles. The van der Waals surface area contributed by atoms with Gasteiger partial charge in [0.1, 0.15) is 5.92 Å². The van der Waals surface area contributed by atoms with Gasteiger partial charge in [0.05, 0.1) is 0 Å². The van der Waals surface area contributed by atoms with Gasteiger partial charge in [-0.3, -0.25) is 9.59 Å². The lowest BCUT2D eigenvalue weighted by atomic mass is 9.81. The van der Waals surface area contributed by atoms with Crippen molar-refractivity contribution in [3.05, 3.63) is 35.4 Å². The summed E-state index contributed by atoms with van der Waals surface area (Å²) in [6, 6.07) is 6.83. The number of carboxylic acid groups (broad SMARTS) is 1. The molecule has 0 spiro atoms. The van der Waals surface area contributed by atoms with Gasteiger partial charge in [0.25, 0.3) is 5.91 Å². The molecule has 1 N–H and O–H groups in total. The maximum absolute atomic E-state index is 12.4. The summed E-state index contributed by atoms with van der Waals surface area (Å²) in [5, 5.41) is 9.54. The fourth-order valence-corrected chi connectivity index (χ4v) is 2.95. The largest absolute Gasteiger partial charge is 0.481 e. The van der Waals surface area contributed by atoms with Gasteiger partial charge in [-0.25, -0.2) is 0 Å². The summed E-state index contributed by atoms with van der Waals surface area (Å²) >= 11 is 0. The van der Waals surface area contributed by atoms with Crippen molar-refractivity contribution in [2.75, 3.05) is 6.54 Å². The number of benzene rings is 1. The third-order valence-corrected chi connectivity index (χ3v) is 3.76. The van der Waals surface area contributed by atoms with Crippen LogP contribution in [0, 0.1) is 0 Å². The van der Waals surface area contributed by atoms with E-state index in [0.717, 1.165) is 6.42 Å². The number of amides is 1. The van der Waals surface area contributed by atoms with E-state index in [1.165, 1.54) is 0 Å². The smallest absolute Gasteiger partial charge is 0.313 e. The Balaban J connectivity index is 2.56. The van der Waals surface area contributed by atoms with Crippen LogP contribution in [0.15, 0.2) is 24.3 Å². The second-order valence-corrected chi connectivity index (χ2v) is 4.85. The first-order valence-electron chi connectivity index (χ1n) is 6.74. The number of likely N-dealkylation sites (N-methyl/N-ethyl adjacent to an activating group) is 1. The zero-order valence-corrected chi connectivity index (χ0v) is 11.3. The van der Waals surface area contributed by atoms with Crippen molar-refractivity contribution in [2.24, 2.45) is 0 Å². The molecule has 1 aliphatic rings. The summed E-state index contributed by atoms with van der Waals surface area (Å²) in [5.74, 6) is -1.51. The minimum atomic E-state index is -0.850. The van der Waals surface area contributed by atoms with Crippen LogP contribution in [0.25, 0.3) is 0 Å². The molecule has 19 heavy (non-hydrogen) atoms. The molecule has 0 bridgehead atoms. The predicted octanol–water partition coefficient (Wildman–Crippen LogP) is 2.50. The molecule has 1 aromatic carbocycles. The summed E-state index contributed by atoms with van der Waals surface area (Å²) in [5.41, 5.74) is 1.19. The van der Waals surface area contributed by atoms with Crippen molar-refractivity contribution >= 4 is 11.9 Å². The molecule has 1 amide bonds. The molecule has 0 fully saturated rings. The fourth-order valence-electron chi connectivity index (χ4n) is 2.95. The zero-order chi connectivity index (χ0) is 14.0. The molecule has 0 saturated heterocycles. The van der Waals surface area contributed by atoms with E-state index in [9.17, 15) is 14.7 Å². The average molecular weight is 261 g/mol. The summed E-state index contributed by atoms with van der Waals surface area (Å²) in [6.45, 7) is 4.45. The molecule has 1 heterocycles. The van der Waals surface area contributed by atoms with Gasteiger partial charge in [0.15, 0.2) is 0 Å². The maximum atomic E-state index is 12.4. The van der Waals surface area contributed by atoms with E-state index in [-0.39, 0.29) is 11.9 Å². The second kappa shape index (κ2) is 5.43. The van der Waals surface area contributed by atoms with Crippen LogP contribution in [0.4, 0.5) is 0 Å². The van der Waals surface area contributed by atoms with Gasteiger partial charge in [0, 0.05) is 18.2 Å². The SMILES string of the molecule is CCC[C@@H]1[C@@H](C(=O)O)c2ccccc2C(=O)N1CC. The van der Waals surface area contributed by atoms with Crippen molar-refractivity contribution in [1.29, 1.82) is 0 Å². The van der Waals surface area contributed by atoms with Gasteiger partial charge in [-0.2, -0.15) is 0 Å². The highest BCUT2D eigenvalue weighted by Gasteiger charge is 2.41. The van der Waals surface area contributed by atoms with Crippen molar-refractivity contribution in [2.45, 2.75) is 38.6 Å². The highest BCUT2D eigenvalue weighted by molar-refractivity contribution is 6.00. The minimum Gasteiger partial charge on any atom is -0.481 e. The van der Waals surface area contributed by atoms with Crippen LogP contribution in [0.2, 0.25) is 0 Å². The predicted molar refractivity (Wildman–Crippen MR) is 72.2 cm³/mol. The van der Waals surface area contributed by atoms with Crippen molar-refractivity contribution < 1.29 is 14.7 Å². The lowest BCUT2D eigenvalue weighted by Gasteiger charge is -2.40. The number of carbonyl (C=O) groups excluding carboxylic acids is 1. The summed E-state index contributed by atoms with van der Waals surface area (Å²) in [7, 11) is 0. The number of carboxylic acids is 1. The molecule has 2 atom stereocenters. The minimum absolute atomic E-state index is 0.0472. The van der Waals surface area contributed by atoms with E-state index in [1.54, 1.807) is 29.2 Å². The number of hydrogen-bond acceptors (Lipinski definition) is 2. The lowest BCUT2D eigenvalue weighted by molar-refractivity contribution is -0.140. The van der Waals surface area contributed by atoms with Crippen molar-refractivity contribution in [3.63, 3.8) is 0 Å². The summed E-state index contributed by atoms with van der Waals surface area (Å²) in [4.78, 5) is 25.8. The van der Waals surface area contributed by atoms with Crippen LogP contribution in [0.1, 0.15) is 48.5 Å². The second-order valence-electron chi connectivity index (χ2n) is 4.85. The number of nitrogens with zero attached hydrogens (tertiary/aromatic N) is 1. The van der Waals surface area contributed by atoms with Crippen molar-refractivity contribution in [1.82, 2.24) is 4.90 Å². The molecule has 102 valence electrons. The summed E-state index contributed by atoms with van der Waals surface area (Å²) < 4.78 is 0. The Hall–Kier alpha value is -1.84. The Morgan fingerprint density at radius 2 is 2.00 bits per heavy atom. The van der Waals surface area contributed by atoms with Crippen LogP contribution >= 0.6 is 0 Å². The molecular weight excluding hydrogens is 242 g/mol. The molecule has 0 aromatic heterocycles. The number of hydrogen-bond donors (Lipinski definition) is 1. The Kier molecular flexibility index (Phi) is 3.88. The number of rotatable bonds is 4. The summed E-state index contributed by atoms with van der Waals surface area (Å²) in [6.07, 6.45) is 1.57. The fraction of sp³-hybridized carbons (Fsp3) is 0.467. The molecule has 0 aliphatic carbocycles. The number of fused-ring (bicyclic) bond motifs is 1. The Morgan fingerprint density at radius 1 is 1.32 bits per heavy atom. The van der Waals surface area contributed by atoms with E-state index in [2.05, 4.69) is 0 Å². The molecular formula is C15H19NO3. The number of carbonyl (C=O) groups is 2. The highest BCUT2D eigenvalue weighted by Crippen LogP contribution is 2.35. The van der Waals surface area contributed by atoms with Gasteiger partial charge in [-0.1, -0.05) is 31.5 Å². The van der Waals surface area contributed by atoms with E-state index in [0.29, 0.717) is 24.1 Å². The Labute approximate surface area is 113 Å². The van der Waals surface area contributed by atoms with Crippen LogP contribution < -0.4 is 0 Å². The van der Waals surface area contributed by atoms with Gasteiger partial charge < -0.3 is 10.0 Å². The van der Waals surface area contributed by atoms with E-state index < -0.39 is 11.9 Å². The molecule has 2 rings (SSSR count). The van der Waals surface area contributed by atoms with Crippen LogP contribution in [0.3, 0.4) is 0 Å². The molecule has 1 aromatic rings. The first-order valence-corrected chi connectivity index (χ1v) is 6.74. The third kappa shape index (κ3) is 2.23. The first kappa shape index (κ1) is 13.6. The van der Waals surface area contributed by atoms with Crippen LogP contribution in [-0.4, -0.2) is 34.5 Å². The van der Waals surface area contributed by atoms with Crippen LogP contribution in [-0.2, 0) is 4.79 Å². The van der Waals surface area contributed by atoms with Gasteiger partial charge in [0.2, 0.25) is 0 Å². The van der Waals surface area contributed by atoms with Gasteiger partial charge >= 0.3 is 5.97 Å². The Morgan fingerprint density at radius 3 is 2.58 bits per heavy atom. The first-order chi connectivity index (χ1) is 9.11. The topological polar surface area (TPSA) is 57.6 Å². The highest BCUT2D eigenvalue weighted by atomic mass is 16.4. The van der Waals surface area contributed by atoms with Gasteiger partial charge in [-0.05, 0) is 25.0 Å². The van der Waals surface area contributed by atoms with E-state index >= 15 is 0 Å². The molecule has 4 nitrogen and oxygen atoms in total. The third-order valence-electron chi connectivity index (χ3n) is 3.76. The van der Waals surface area contributed by atoms with Crippen LogP contribution in [0.5, 0.6) is 0 Å². The molecule has 0 radical (unpaired) electrons. The molecule has 4 heteroatoms. The lowest BCUT2D eigenvalue weighted by Crippen LogP contribution is -2.50. The molecule has 0 saturated carbocycles. The van der Waals surface area contributed by atoms with E-state index in [4.69, 9.17) is 0 Å². The molecule has 0 unspecified atom stereocenters.